The van der Waals surface area contributed by atoms with E-state index in [4.69, 9.17) is 5.11 Å². The van der Waals surface area contributed by atoms with Gasteiger partial charge in [0.2, 0.25) is 5.91 Å². The minimum atomic E-state index is -0.942. The molecule has 17 heavy (non-hydrogen) atoms. The summed E-state index contributed by atoms with van der Waals surface area (Å²) < 4.78 is 0. The van der Waals surface area contributed by atoms with Gasteiger partial charge in [0.25, 0.3) is 0 Å². The first-order valence-electron chi connectivity index (χ1n) is 5.72. The van der Waals surface area contributed by atoms with Gasteiger partial charge >= 0.3 is 5.97 Å². The van der Waals surface area contributed by atoms with Crippen LogP contribution in [0, 0.1) is 0 Å². The van der Waals surface area contributed by atoms with Gasteiger partial charge in [-0.05, 0) is 18.6 Å². The molecule has 1 N–H and O–H groups in total. The van der Waals surface area contributed by atoms with Gasteiger partial charge in [0.1, 0.15) is 0 Å². The molecule has 4 heteroatoms. The molecule has 1 aromatic rings. The van der Waals surface area contributed by atoms with Gasteiger partial charge < -0.3 is 10.0 Å². The highest BCUT2D eigenvalue weighted by Crippen LogP contribution is 2.15. The summed E-state index contributed by atoms with van der Waals surface area (Å²) in [6.45, 7) is 2.60. The van der Waals surface area contributed by atoms with Crippen molar-refractivity contribution in [1.29, 1.82) is 0 Å². The second-order valence-corrected chi connectivity index (χ2v) is 3.77. The molecule has 0 saturated carbocycles. The van der Waals surface area contributed by atoms with Crippen LogP contribution in [0.3, 0.4) is 0 Å². The monoisotopic (exact) mass is 235 g/mol. The van der Waals surface area contributed by atoms with Gasteiger partial charge in [-0.25, -0.2) is 0 Å². The third kappa shape index (κ3) is 4.26. The molecule has 4 nitrogen and oxygen atoms in total. The van der Waals surface area contributed by atoms with E-state index in [0.29, 0.717) is 6.54 Å². The molecule has 1 amide bonds. The molecule has 0 spiro atoms. The van der Waals surface area contributed by atoms with Crippen LogP contribution in [0.1, 0.15) is 26.2 Å². The largest absolute Gasteiger partial charge is 0.481 e. The third-order valence-corrected chi connectivity index (χ3v) is 2.37. The maximum absolute atomic E-state index is 11.9. The average Bonchev–Trinajstić information content (AvgIpc) is 2.34. The highest BCUT2D eigenvalue weighted by atomic mass is 16.4. The zero-order chi connectivity index (χ0) is 12.7. The number of hydrogen-bond acceptors (Lipinski definition) is 2. The average molecular weight is 235 g/mol. The number of carboxylic acid groups (broad SMARTS) is 1. The number of carbonyl (C=O) groups excluding carboxylic acids is 1. The fourth-order valence-corrected chi connectivity index (χ4v) is 1.58. The molecule has 0 aliphatic carbocycles. The normalized spacial score (nSPS) is 9.94. The quantitative estimate of drug-likeness (QED) is 0.823. The van der Waals surface area contributed by atoms with Crippen molar-refractivity contribution < 1.29 is 14.7 Å². The van der Waals surface area contributed by atoms with Gasteiger partial charge in [-0.15, -0.1) is 0 Å². The number of amides is 1. The van der Waals surface area contributed by atoms with E-state index >= 15 is 0 Å². The molecule has 92 valence electrons. The van der Waals surface area contributed by atoms with Crippen molar-refractivity contribution in [2.45, 2.75) is 26.2 Å². The van der Waals surface area contributed by atoms with Crippen molar-refractivity contribution in [3.63, 3.8) is 0 Å². The standard InChI is InChI=1S/C13H17NO3/c1-2-10-14(11-6-4-3-5-7-11)12(15)8-9-13(16)17/h3-7H,2,8-10H2,1H3,(H,16,17). The topological polar surface area (TPSA) is 57.6 Å². The van der Waals surface area contributed by atoms with E-state index in [-0.39, 0.29) is 18.7 Å². The lowest BCUT2D eigenvalue weighted by Gasteiger charge is -2.21. The van der Waals surface area contributed by atoms with Gasteiger partial charge in [0.15, 0.2) is 0 Å². The Labute approximate surface area is 101 Å². The van der Waals surface area contributed by atoms with E-state index in [0.717, 1.165) is 12.1 Å². The summed E-state index contributed by atoms with van der Waals surface area (Å²) in [5, 5.41) is 8.57. The highest BCUT2D eigenvalue weighted by Gasteiger charge is 2.15. The first-order valence-corrected chi connectivity index (χ1v) is 5.72. The van der Waals surface area contributed by atoms with E-state index in [2.05, 4.69) is 0 Å². The fraction of sp³-hybridized carbons (Fsp3) is 0.385. The van der Waals surface area contributed by atoms with E-state index < -0.39 is 5.97 Å². The Morgan fingerprint density at radius 1 is 1.18 bits per heavy atom. The highest BCUT2D eigenvalue weighted by molar-refractivity contribution is 5.94. The summed E-state index contributed by atoms with van der Waals surface area (Å²) in [7, 11) is 0. The van der Waals surface area contributed by atoms with E-state index in [1.807, 2.05) is 37.3 Å². The summed E-state index contributed by atoms with van der Waals surface area (Å²) in [5.41, 5.74) is 0.824. The molecular formula is C13H17NO3. The van der Waals surface area contributed by atoms with Crippen LogP contribution >= 0.6 is 0 Å². The number of anilines is 1. The van der Waals surface area contributed by atoms with Crippen molar-refractivity contribution in [3.8, 4) is 0 Å². The molecule has 0 radical (unpaired) electrons. The summed E-state index contributed by atoms with van der Waals surface area (Å²) in [4.78, 5) is 24.0. The smallest absolute Gasteiger partial charge is 0.303 e. The second-order valence-electron chi connectivity index (χ2n) is 3.77. The predicted molar refractivity (Wildman–Crippen MR) is 66.0 cm³/mol. The van der Waals surface area contributed by atoms with Crippen LogP contribution in [0.15, 0.2) is 30.3 Å². The zero-order valence-electron chi connectivity index (χ0n) is 9.93. The van der Waals surface area contributed by atoms with Crippen molar-refractivity contribution in [3.05, 3.63) is 30.3 Å². The van der Waals surface area contributed by atoms with Crippen LogP contribution < -0.4 is 4.90 Å². The van der Waals surface area contributed by atoms with Crippen molar-refractivity contribution in [2.75, 3.05) is 11.4 Å². The molecule has 0 bridgehead atoms. The Morgan fingerprint density at radius 2 is 1.82 bits per heavy atom. The van der Waals surface area contributed by atoms with Gasteiger partial charge in [-0.2, -0.15) is 0 Å². The summed E-state index contributed by atoms with van der Waals surface area (Å²) in [6.07, 6.45) is 0.768. The molecule has 0 atom stereocenters. The Bertz CT molecular complexity index is 376. The molecule has 0 saturated heterocycles. The van der Waals surface area contributed by atoms with E-state index in [1.54, 1.807) is 4.90 Å². The van der Waals surface area contributed by atoms with E-state index in [1.165, 1.54) is 0 Å². The Morgan fingerprint density at radius 3 is 2.35 bits per heavy atom. The second kappa shape index (κ2) is 6.68. The Balaban J connectivity index is 2.72. The molecule has 0 aromatic heterocycles. The molecule has 0 aliphatic rings. The Kier molecular flexibility index (Phi) is 5.20. The van der Waals surface area contributed by atoms with E-state index in [9.17, 15) is 9.59 Å². The Hall–Kier alpha value is -1.84. The number of nitrogens with zero attached hydrogens (tertiary/aromatic N) is 1. The van der Waals surface area contributed by atoms with Gasteiger partial charge in [-0.1, -0.05) is 25.1 Å². The zero-order valence-corrected chi connectivity index (χ0v) is 9.93. The maximum Gasteiger partial charge on any atom is 0.303 e. The minimum Gasteiger partial charge on any atom is -0.481 e. The van der Waals surface area contributed by atoms with Crippen LogP contribution in [-0.4, -0.2) is 23.5 Å². The summed E-state index contributed by atoms with van der Waals surface area (Å²) in [6, 6.07) is 9.32. The number of aliphatic carboxylic acids is 1. The number of rotatable bonds is 6. The van der Waals surface area contributed by atoms with Crippen LogP contribution in [-0.2, 0) is 9.59 Å². The summed E-state index contributed by atoms with van der Waals surface area (Å²) in [5.74, 6) is -1.08. The number of para-hydroxylation sites is 1. The maximum atomic E-state index is 11.9. The fourth-order valence-electron chi connectivity index (χ4n) is 1.58. The lowest BCUT2D eigenvalue weighted by molar-refractivity contribution is -0.138. The van der Waals surface area contributed by atoms with Crippen molar-refractivity contribution >= 4 is 17.6 Å². The molecule has 1 aromatic carbocycles. The van der Waals surface area contributed by atoms with Crippen LogP contribution in [0.25, 0.3) is 0 Å². The lowest BCUT2D eigenvalue weighted by atomic mass is 10.2. The molecule has 0 heterocycles. The number of hydrogen-bond donors (Lipinski definition) is 1. The number of benzene rings is 1. The first-order chi connectivity index (χ1) is 8.15. The number of carboxylic acids is 1. The van der Waals surface area contributed by atoms with Gasteiger partial charge in [0, 0.05) is 18.7 Å². The van der Waals surface area contributed by atoms with Crippen molar-refractivity contribution in [2.24, 2.45) is 0 Å². The first kappa shape index (κ1) is 13.2. The minimum absolute atomic E-state index is 0.0459. The molecule has 0 aliphatic heterocycles. The SMILES string of the molecule is CCCN(C(=O)CCC(=O)O)c1ccccc1. The van der Waals surface area contributed by atoms with Gasteiger partial charge in [0.05, 0.1) is 6.42 Å². The third-order valence-electron chi connectivity index (χ3n) is 2.37. The summed E-state index contributed by atoms with van der Waals surface area (Å²) >= 11 is 0. The molecular weight excluding hydrogens is 218 g/mol. The lowest BCUT2D eigenvalue weighted by Crippen LogP contribution is -2.31. The van der Waals surface area contributed by atoms with Crippen molar-refractivity contribution in [1.82, 2.24) is 0 Å². The van der Waals surface area contributed by atoms with Crippen LogP contribution in [0.5, 0.6) is 0 Å². The number of carbonyl (C=O) groups is 2. The van der Waals surface area contributed by atoms with Crippen LogP contribution in [0.4, 0.5) is 5.69 Å². The molecule has 1 rings (SSSR count). The molecule has 0 fully saturated rings. The predicted octanol–water partition coefficient (Wildman–Crippen LogP) is 2.29. The van der Waals surface area contributed by atoms with Crippen LogP contribution in [0.2, 0.25) is 0 Å². The molecule has 0 unspecified atom stereocenters. The van der Waals surface area contributed by atoms with Gasteiger partial charge in [-0.3, -0.25) is 9.59 Å².